The number of rotatable bonds is 5. The van der Waals surface area contributed by atoms with Gasteiger partial charge in [0.1, 0.15) is 5.52 Å². The maximum atomic E-state index is 4.34. The van der Waals surface area contributed by atoms with Crippen molar-refractivity contribution in [3.05, 3.63) is 47.8 Å². The number of hydrogen-bond donors (Lipinski definition) is 0. The molecule has 4 heteroatoms. The molecule has 0 aliphatic heterocycles. The Morgan fingerprint density at radius 2 is 1.91 bits per heavy atom. The summed E-state index contributed by atoms with van der Waals surface area (Å²) in [6.45, 7) is 10.9. The van der Waals surface area contributed by atoms with Crippen molar-refractivity contribution in [3.63, 3.8) is 0 Å². The molecule has 4 nitrogen and oxygen atoms in total. The van der Waals surface area contributed by atoms with Gasteiger partial charge in [0.05, 0.1) is 12.1 Å². The van der Waals surface area contributed by atoms with Gasteiger partial charge in [0.15, 0.2) is 0 Å². The predicted molar refractivity (Wildman–Crippen MR) is 94.7 cm³/mol. The summed E-state index contributed by atoms with van der Waals surface area (Å²) < 4.78 is 4.39. The molecule has 0 fully saturated rings. The van der Waals surface area contributed by atoms with E-state index in [1.165, 1.54) is 24.1 Å². The van der Waals surface area contributed by atoms with Gasteiger partial charge in [0.25, 0.3) is 0 Å². The molecule has 0 N–H and O–H groups in total. The summed E-state index contributed by atoms with van der Waals surface area (Å²) in [6.07, 6.45) is 4.71. The average Bonchev–Trinajstić information content (AvgIpc) is 3.10. The first-order valence-electron chi connectivity index (χ1n) is 8.47. The van der Waals surface area contributed by atoms with Crippen LogP contribution in [0.4, 0.5) is 0 Å². The minimum absolute atomic E-state index is 0.163. The van der Waals surface area contributed by atoms with Crippen molar-refractivity contribution < 1.29 is 0 Å². The van der Waals surface area contributed by atoms with Gasteiger partial charge in [-0.3, -0.25) is 0 Å². The van der Waals surface area contributed by atoms with Gasteiger partial charge in [-0.2, -0.15) is 0 Å². The number of para-hydroxylation sites is 1. The molecule has 23 heavy (non-hydrogen) atoms. The number of nitrogens with zero attached hydrogens (tertiary/aromatic N) is 4. The first-order chi connectivity index (χ1) is 11.0. The lowest BCUT2D eigenvalue weighted by atomic mass is 9.89. The summed E-state index contributed by atoms with van der Waals surface area (Å²) in [7, 11) is 0. The molecule has 0 bridgehead atoms. The number of unbranched alkanes of at least 4 members (excludes halogenated alkanes) is 1. The van der Waals surface area contributed by atoms with E-state index < -0.39 is 0 Å². The highest BCUT2D eigenvalue weighted by Gasteiger charge is 2.18. The smallest absolute Gasteiger partial charge is 0.113 e. The number of benzene rings is 1. The van der Waals surface area contributed by atoms with Crippen molar-refractivity contribution in [2.75, 3.05) is 0 Å². The zero-order chi connectivity index (χ0) is 16.4. The minimum atomic E-state index is 0.163. The molecule has 3 rings (SSSR count). The van der Waals surface area contributed by atoms with Gasteiger partial charge in [-0.25, -0.2) is 4.68 Å². The Morgan fingerprint density at radius 3 is 2.65 bits per heavy atom. The lowest BCUT2D eigenvalue weighted by Crippen LogP contribution is -2.09. The van der Waals surface area contributed by atoms with E-state index in [9.17, 15) is 0 Å². The van der Waals surface area contributed by atoms with Crippen molar-refractivity contribution in [1.82, 2.24) is 19.6 Å². The van der Waals surface area contributed by atoms with Crippen LogP contribution in [0.5, 0.6) is 0 Å². The molecule has 2 heterocycles. The third kappa shape index (κ3) is 3.31. The van der Waals surface area contributed by atoms with E-state index in [-0.39, 0.29) is 5.41 Å². The zero-order valence-electron chi connectivity index (χ0n) is 14.6. The Labute approximate surface area is 138 Å². The Kier molecular flexibility index (Phi) is 4.24. The fourth-order valence-electron chi connectivity index (χ4n) is 2.82. The molecule has 3 aromatic rings. The first kappa shape index (κ1) is 15.8. The lowest BCUT2D eigenvalue weighted by Gasteiger charge is -2.16. The molecule has 122 valence electrons. The van der Waals surface area contributed by atoms with Crippen LogP contribution in [0.25, 0.3) is 11.0 Å². The third-order valence-corrected chi connectivity index (χ3v) is 4.34. The van der Waals surface area contributed by atoms with Crippen LogP contribution in [0.15, 0.2) is 36.5 Å². The van der Waals surface area contributed by atoms with Crippen LogP contribution >= 0.6 is 0 Å². The second-order valence-electron chi connectivity index (χ2n) is 7.25. The van der Waals surface area contributed by atoms with E-state index in [0.29, 0.717) is 0 Å². The van der Waals surface area contributed by atoms with E-state index >= 15 is 0 Å². The minimum Gasteiger partial charge on any atom is -0.349 e. The van der Waals surface area contributed by atoms with Gasteiger partial charge in [-0.1, -0.05) is 51.5 Å². The fraction of sp³-hybridized carbons (Fsp3) is 0.474. The van der Waals surface area contributed by atoms with Crippen molar-refractivity contribution in [2.45, 2.75) is 59.0 Å². The number of fused-ring (bicyclic) bond motifs is 1. The van der Waals surface area contributed by atoms with Crippen LogP contribution in [-0.2, 0) is 18.5 Å². The van der Waals surface area contributed by atoms with Gasteiger partial charge in [-0.05, 0) is 35.6 Å². The Hall–Kier alpha value is -2.10. The SMILES string of the molecule is CCCCn1cc(C(C)(C)C)cc1Cn1nnc2ccccc21. The first-order valence-corrected chi connectivity index (χ1v) is 8.47. The van der Waals surface area contributed by atoms with Crippen molar-refractivity contribution in [3.8, 4) is 0 Å². The molecule has 0 aliphatic rings. The number of hydrogen-bond acceptors (Lipinski definition) is 2. The highest BCUT2D eigenvalue weighted by Crippen LogP contribution is 2.25. The molecule has 0 unspecified atom stereocenters. The summed E-state index contributed by atoms with van der Waals surface area (Å²) in [6, 6.07) is 10.5. The highest BCUT2D eigenvalue weighted by molar-refractivity contribution is 5.73. The monoisotopic (exact) mass is 310 g/mol. The quantitative estimate of drug-likeness (QED) is 0.701. The summed E-state index contributed by atoms with van der Waals surface area (Å²) in [5, 5.41) is 8.60. The van der Waals surface area contributed by atoms with E-state index in [2.05, 4.69) is 60.9 Å². The van der Waals surface area contributed by atoms with Gasteiger partial charge in [0.2, 0.25) is 0 Å². The molecule has 0 aliphatic carbocycles. The van der Waals surface area contributed by atoms with E-state index in [4.69, 9.17) is 0 Å². The number of aromatic nitrogens is 4. The molecule has 0 spiro atoms. The van der Waals surface area contributed by atoms with Gasteiger partial charge in [-0.15, -0.1) is 5.10 Å². The van der Waals surface area contributed by atoms with E-state index in [1.54, 1.807) is 0 Å². The van der Waals surface area contributed by atoms with Crippen LogP contribution in [0.3, 0.4) is 0 Å². The van der Waals surface area contributed by atoms with E-state index in [1.807, 2.05) is 22.9 Å². The van der Waals surface area contributed by atoms with Crippen molar-refractivity contribution in [1.29, 1.82) is 0 Å². The maximum absolute atomic E-state index is 4.34. The second kappa shape index (κ2) is 6.19. The molecule has 0 saturated heterocycles. The predicted octanol–water partition coefficient (Wildman–Crippen LogP) is 4.38. The van der Waals surface area contributed by atoms with Crippen LogP contribution in [0.2, 0.25) is 0 Å². The largest absolute Gasteiger partial charge is 0.349 e. The summed E-state index contributed by atoms with van der Waals surface area (Å²) in [5.74, 6) is 0. The molecule has 1 aromatic carbocycles. The molecule has 0 saturated carbocycles. The zero-order valence-corrected chi connectivity index (χ0v) is 14.6. The fourth-order valence-corrected chi connectivity index (χ4v) is 2.82. The van der Waals surface area contributed by atoms with Crippen LogP contribution in [0.1, 0.15) is 51.8 Å². The van der Waals surface area contributed by atoms with Gasteiger partial charge < -0.3 is 4.57 Å². The molecule has 0 atom stereocenters. The molecular weight excluding hydrogens is 284 g/mol. The summed E-state index contributed by atoms with van der Waals surface area (Å²) >= 11 is 0. The Balaban J connectivity index is 1.96. The molecule has 2 aromatic heterocycles. The highest BCUT2D eigenvalue weighted by atomic mass is 15.4. The topological polar surface area (TPSA) is 35.6 Å². The Bertz CT molecular complexity index is 789. The lowest BCUT2D eigenvalue weighted by molar-refractivity contribution is 0.567. The number of aryl methyl sites for hydroxylation is 1. The Morgan fingerprint density at radius 1 is 1.13 bits per heavy atom. The van der Waals surface area contributed by atoms with Crippen molar-refractivity contribution in [2.24, 2.45) is 0 Å². The maximum Gasteiger partial charge on any atom is 0.113 e. The standard InChI is InChI=1S/C19H26N4/c1-5-6-11-22-13-15(19(2,3)4)12-16(22)14-23-18-10-8-7-9-17(18)20-21-23/h7-10,12-13H,5-6,11,14H2,1-4H3. The second-order valence-corrected chi connectivity index (χ2v) is 7.25. The normalized spacial score (nSPS) is 12.2. The van der Waals surface area contributed by atoms with Gasteiger partial charge in [0, 0.05) is 18.4 Å². The van der Waals surface area contributed by atoms with Crippen molar-refractivity contribution >= 4 is 11.0 Å². The molecule has 0 amide bonds. The summed E-state index contributed by atoms with van der Waals surface area (Å²) in [4.78, 5) is 0. The third-order valence-electron chi connectivity index (χ3n) is 4.34. The molecular formula is C19H26N4. The molecule has 0 radical (unpaired) electrons. The van der Waals surface area contributed by atoms with Crippen LogP contribution < -0.4 is 0 Å². The summed E-state index contributed by atoms with van der Waals surface area (Å²) in [5.41, 5.74) is 4.90. The van der Waals surface area contributed by atoms with Crippen LogP contribution in [0, 0.1) is 0 Å². The average molecular weight is 310 g/mol. The van der Waals surface area contributed by atoms with Crippen LogP contribution in [-0.4, -0.2) is 19.6 Å². The van der Waals surface area contributed by atoms with Gasteiger partial charge >= 0.3 is 0 Å². The van der Waals surface area contributed by atoms with E-state index in [0.717, 1.165) is 24.1 Å².